The number of hydrogen-bond acceptors (Lipinski definition) is 5. The fraction of sp³-hybridized carbons (Fsp3) is 0.231. The molecule has 2 aromatic rings. The van der Waals surface area contributed by atoms with E-state index < -0.39 is 7.59 Å². The van der Waals surface area contributed by atoms with Gasteiger partial charge in [-0.2, -0.15) is 0 Å². The molecule has 0 atom stereocenters. The van der Waals surface area contributed by atoms with E-state index in [1.807, 2.05) is 0 Å². The maximum atomic E-state index is 11.5. The molecule has 5 nitrogen and oxygen atoms in total. The Hall–Kier alpha value is -0.560. The van der Waals surface area contributed by atoms with Crippen molar-refractivity contribution in [1.29, 1.82) is 0 Å². The van der Waals surface area contributed by atoms with Crippen molar-refractivity contribution in [3.05, 3.63) is 41.1 Å². The topological polar surface area (TPSA) is 68.9 Å². The third-order valence-corrected chi connectivity index (χ3v) is 3.63. The van der Waals surface area contributed by atoms with Crippen LogP contribution in [-0.4, -0.2) is 20.7 Å². The summed E-state index contributed by atoms with van der Waals surface area (Å²) in [4.78, 5) is 23.3. The minimum atomic E-state index is -1.94. The molecule has 0 spiro atoms. The van der Waals surface area contributed by atoms with Gasteiger partial charge in [0.25, 0.3) is 0 Å². The zero-order valence-electron chi connectivity index (χ0n) is 11.7. The van der Waals surface area contributed by atoms with E-state index >= 15 is 0 Å². The Morgan fingerprint density at radius 2 is 1.54 bits per heavy atom. The van der Waals surface area contributed by atoms with Crippen LogP contribution in [0.3, 0.4) is 0 Å². The summed E-state index contributed by atoms with van der Waals surface area (Å²) in [6.07, 6.45) is 4.26. The van der Waals surface area contributed by atoms with Crippen LogP contribution in [0.5, 0.6) is 0 Å². The van der Waals surface area contributed by atoms with Crippen molar-refractivity contribution in [2.24, 2.45) is 0 Å². The molecular formula is C13H7Cl6N3O2. The number of rotatable bonds is 3. The van der Waals surface area contributed by atoms with Crippen LogP contribution in [0.1, 0.15) is 40.5 Å². The molecule has 0 aliphatic heterocycles. The first-order chi connectivity index (χ1) is 11.0. The minimum absolute atomic E-state index is 0.0542. The summed E-state index contributed by atoms with van der Waals surface area (Å²) in [5.41, 5.74) is 0.392. The molecule has 0 aliphatic rings. The minimum Gasteiger partial charge on any atom is -0.464 e. The fourth-order valence-corrected chi connectivity index (χ4v) is 2.12. The van der Waals surface area contributed by atoms with Crippen LogP contribution in [0, 0.1) is 0 Å². The molecule has 0 aliphatic carbocycles. The smallest absolute Gasteiger partial charge is 0.250 e. The molecular weight excluding hydrogens is 443 g/mol. The van der Waals surface area contributed by atoms with Crippen molar-refractivity contribution in [3.63, 3.8) is 0 Å². The Morgan fingerprint density at radius 1 is 1.00 bits per heavy atom. The molecule has 0 saturated heterocycles. The molecule has 0 saturated carbocycles. The van der Waals surface area contributed by atoms with Crippen LogP contribution in [0.2, 0.25) is 0 Å². The summed E-state index contributed by atoms with van der Waals surface area (Å²) >= 11 is 34.7. The highest BCUT2D eigenvalue weighted by atomic mass is 35.6. The second kappa shape index (κ2) is 7.36. The van der Waals surface area contributed by atoms with Gasteiger partial charge in [-0.1, -0.05) is 69.6 Å². The molecule has 24 heavy (non-hydrogen) atoms. The maximum Gasteiger partial charge on any atom is 0.250 e. The Labute approximate surface area is 166 Å². The lowest BCUT2D eigenvalue weighted by Gasteiger charge is -2.14. The summed E-state index contributed by atoms with van der Waals surface area (Å²) in [7, 11) is 0. The van der Waals surface area contributed by atoms with E-state index in [-0.39, 0.29) is 23.3 Å². The third-order valence-electron chi connectivity index (χ3n) is 2.62. The molecule has 0 amide bonds. The van der Waals surface area contributed by atoms with Gasteiger partial charge in [-0.3, -0.25) is 4.79 Å². The van der Waals surface area contributed by atoms with Gasteiger partial charge in [0, 0.05) is 0 Å². The standard InChI is InChI=1S/C13H7Cl6N3O2/c1-6(23)7-4-5-24-8(7)2-3-9-20-10(12(14,15)16)22-11(21-9)13(17,18)19/h2-5H,1H3/b3-2+. The van der Waals surface area contributed by atoms with E-state index in [1.165, 1.54) is 31.4 Å². The van der Waals surface area contributed by atoms with E-state index in [0.717, 1.165) is 0 Å². The molecule has 0 fully saturated rings. The van der Waals surface area contributed by atoms with E-state index in [1.54, 1.807) is 0 Å². The first kappa shape index (κ1) is 19.8. The number of halogens is 6. The SMILES string of the molecule is CC(=O)c1ccoc1/C=C/c1nc(C(Cl)(Cl)Cl)nc(C(Cl)(Cl)Cl)n1. The second-order valence-electron chi connectivity index (χ2n) is 4.42. The molecule has 0 bridgehead atoms. The van der Waals surface area contributed by atoms with Crippen molar-refractivity contribution >= 4 is 87.5 Å². The highest BCUT2D eigenvalue weighted by molar-refractivity contribution is 6.67. The van der Waals surface area contributed by atoms with E-state index in [4.69, 9.17) is 74.0 Å². The zero-order valence-corrected chi connectivity index (χ0v) is 16.3. The average Bonchev–Trinajstić information content (AvgIpc) is 2.91. The monoisotopic (exact) mass is 447 g/mol. The lowest BCUT2D eigenvalue weighted by atomic mass is 10.2. The number of alkyl halides is 6. The van der Waals surface area contributed by atoms with E-state index in [0.29, 0.717) is 11.3 Å². The van der Waals surface area contributed by atoms with Crippen molar-refractivity contribution in [2.45, 2.75) is 14.5 Å². The summed E-state index contributed by atoms with van der Waals surface area (Å²) in [5, 5.41) is 0. The highest BCUT2D eigenvalue weighted by Crippen LogP contribution is 2.39. The van der Waals surface area contributed by atoms with Crippen LogP contribution in [0.25, 0.3) is 12.2 Å². The molecule has 0 aromatic carbocycles. The van der Waals surface area contributed by atoms with Gasteiger partial charge in [-0.15, -0.1) is 0 Å². The lowest BCUT2D eigenvalue weighted by Crippen LogP contribution is -2.16. The lowest BCUT2D eigenvalue weighted by molar-refractivity contribution is 0.101. The molecule has 2 rings (SSSR count). The van der Waals surface area contributed by atoms with Crippen LogP contribution in [0.4, 0.5) is 0 Å². The van der Waals surface area contributed by atoms with Gasteiger partial charge < -0.3 is 4.42 Å². The average molecular weight is 450 g/mol. The largest absolute Gasteiger partial charge is 0.464 e. The number of nitrogens with zero attached hydrogens (tertiary/aromatic N) is 3. The normalized spacial score (nSPS) is 12.8. The van der Waals surface area contributed by atoms with Crippen LogP contribution < -0.4 is 0 Å². The second-order valence-corrected chi connectivity index (χ2v) is 8.99. The van der Waals surface area contributed by atoms with Crippen molar-refractivity contribution < 1.29 is 9.21 Å². The van der Waals surface area contributed by atoms with Gasteiger partial charge in [0.05, 0.1) is 11.8 Å². The van der Waals surface area contributed by atoms with Crippen LogP contribution in [0.15, 0.2) is 16.7 Å². The van der Waals surface area contributed by atoms with Gasteiger partial charge in [0.1, 0.15) is 5.76 Å². The van der Waals surface area contributed by atoms with Crippen molar-refractivity contribution in [1.82, 2.24) is 15.0 Å². The Morgan fingerprint density at radius 3 is 2.00 bits per heavy atom. The fourth-order valence-electron chi connectivity index (χ4n) is 1.61. The van der Waals surface area contributed by atoms with Gasteiger partial charge in [-0.25, -0.2) is 15.0 Å². The van der Waals surface area contributed by atoms with Crippen LogP contribution in [-0.2, 0) is 7.59 Å². The summed E-state index contributed by atoms with van der Waals surface area (Å²) < 4.78 is 1.33. The third kappa shape index (κ3) is 4.97. The van der Waals surface area contributed by atoms with Crippen molar-refractivity contribution in [2.75, 3.05) is 0 Å². The Kier molecular flexibility index (Phi) is 6.06. The number of hydrogen-bond donors (Lipinski definition) is 0. The molecule has 0 unspecified atom stereocenters. The van der Waals surface area contributed by atoms with E-state index in [2.05, 4.69) is 15.0 Å². The number of ketones is 1. The predicted octanol–water partition coefficient (Wildman–Crippen LogP) is 5.49. The molecule has 0 radical (unpaired) electrons. The molecule has 128 valence electrons. The quantitative estimate of drug-likeness (QED) is 0.457. The Bertz CT molecular complexity index is 759. The molecule has 2 aromatic heterocycles. The van der Waals surface area contributed by atoms with Gasteiger partial charge in [0.15, 0.2) is 23.3 Å². The summed E-state index contributed by atoms with van der Waals surface area (Å²) in [5.74, 6) is -0.222. The van der Waals surface area contributed by atoms with Gasteiger partial charge in [0.2, 0.25) is 7.59 Å². The van der Waals surface area contributed by atoms with Crippen LogP contribution >= 0.6 is 69.6 Å². The van der Waals surface area contributed by atoms with Crippen molar-refractivity contribution in [3.8, 4) is 0 Å². The molecule has 0 N–H and O–H groups in total. The molecule has 2 heterocycles. The first-order valence-corrected chi connectivity index (χ1v) is 8.42. The zero-order chi connectivity index (χ0) is 18.1. The first-order valence-electron chi connectivity index (χ1n) is 6.15. The summed E-state index contributed by atoms with van der Waals surface area (Å²) in [6.45, 7) is 1.41. The van der Waals surface area contributed by atoms with Gasteiger partial charge in [-0.05, 0) is 25.1 Å². The number of carbonyl (C=O) groups is 1. The predicted molar refractivity (Wildman–Crippen MR) is 95.9 cm³/mol. The summed E-state index contributed by atoms with van der Waals surface area (Å²) in [6, 6.07) is 1.54. The van der Waals surface area contributed by atoms with E-state index in [9.17, 15) is 4.79 Å². The number of furan rings is 1. The number of carbonyl (C=O) groups excluding carboxylic acids is 1. The Balaban J connectivity index is 2.48. The highest BCUT2D eigenvalue weighted by Gasteiger charge is 2.33. The maximum absolute atomic E-state index is 11.5. The molecule has 11 heteroatoms. The number of Topliss-reactive ketones (excluding diaryl/α,β-unsaturated/α-hetero) is 1. The number of aromatic nitrogens is 3. The van der Waals surface area contributed by atoms with Gasteiger partial charge >= 0.3 is 0 Å².